The Bertz CT molecular complexity index is 566. The second kappa shape index (κ2) is 4.87. The highest BCUT2D eigenvalue weighted by atomic mass is 32.2. The van der Waals surface area contributed by atoms with Crippen LogP contribution in [0.25, 0.3) is 0 Å². The summed E-state index contributed by atoms with van der Waals surface area (Å²) in [6, 6.07) is 4.27. The number of hydrogen-bond acceptors (Lipinski definition) is 2. The van der Waals surface area contributed by atoms with E-state index in [0.29, 0.717) is 0 Å². The molecule has 5 heteroatoms. The molecule has 0 aliphatic carbocycles. The summed E-state index contributed by atoms with van der Waals surface area (Å²) in [5.41, 5.74) is -0.103. The highest BCUT2D eigenvalue weighted by Gasteiger charge is 2.26. The van der Waals surface area contributed by atoms with Crippen LogP contribution in [0, 0.1) is 5.82 Å². The van der Waals surface area contributed by atoms with Gasteiger partial charge in [0.25, 0.3) is 0 Å². The molecule has 0 saturated heterocycles. The average Bonchev–Trinajstić information content (AvgIpc) is 2.11. The standard InChI is InChI=1S/C14H22FNO2S/c1-13(2,3)10-7-8-12(11(15)9-10)19(17,18)16-14(4,5)6/h7-9,16H,1-6H3. The van der Waals surface area contributed by atoms with Crippen LogP contribution < -0.4 is 4.72 Å². The number of benzene rings is 1. The van der Waals surface area contributed by atoms with Crippen molar-refractivity contribution in [3.8, 4) is 0 Å². The summed E-state index contributed by atoms with van der Waals surface area (Å²) >= 11 is 0. The van der Waals surface area contributed by atoms with E-state index >= 15 is 0 Å². The maximum Gasteiger partial charge on any atom is 0.243 e. The van der Waals surface area contributed by atoms with E-state index in [4.69, 9.17) is 0 Å². The molecule has 1 aromatic carbocycles. The molecule has 19 heavy (non-hydrogen) atoms. The summed E-state index contributed by atoms with van der Waals surface area (Å²) in [5.74, 6) is -0.718. The van der Waals surface area contributed by atoms with E-state index in [1.807, 2.05) is 20.8 Å². The molecule has 0 amide bonds. The van der Waals surface area contributed by atoms with Crippen molar-refractivity contribution in [2.24, 2.45) is 0 Å². The van der Waals surface area contributed by atoms with Gasteiger partial charge in [-0.25, -0.2) is 17.5 Å². The molecular weight excluding hydrogens is 265 g/mol. The van der Waals surface area contributed by atoms with E-state index in [1.165, 1.54) is 12.1 Å². The van der Waals surface area contributed by atoms with E-state index in [2.05, 4.69) is 4.72 Å². The Morgan fingerprint density at radius 2 is 1.58 bits per heavy atom. The summed E-state index contributed by atoms with van der Waals surface area (Å²) in [6.07, 6.45) is 0. The van der Waals surface area contributed by atoms with E-state index < -0.39 is 21.4 Å². The van der Waals surface area contributed by atoms with Crippen LogP contribution in [0.1, 0.15) is 47.1 Å². The maximum atomic E-state index is 14.0. The Balaban J connectivity index is 3.24. The van der Waals surface area contributed by atoms with Crippen molar-refractivity contribution in [3.05, 3.63) is 29.6 Å². The SMILES string of the molecule is CC(C)(C)NS(=O)(=O)c1ccc(C(C)(C)C)cc1F. The lowest BCUT2D eigenvalue weighted by Crippen LogP contribution is -2.40. The lowest BCUT2D eigenvalue weighted by Gasteiger charge is -2.22. The van der Waals surface area contributed by atoms with Crippen LogP contribution in [0.2, 0.25) is 0 Å². The lowest BCUT2D eigenvalue weighted by molar-refractivity contribution is 0.485. The summed E-state index contributed by atoms with van der Waals surface area (Å²) in [5, 5.41) is 0. The van der Waals surface area contributed by atoms with Crippen molar-refractivity contribution in [3.63, 3.8) is 0 Å². The Kier molecular flexibility index (Phi) is 4.13. The quantitative estimate of drug-likeness (QED) is 0.908. The first-order chi connectivity index (χ1) is 8.33. The number of hydrogen-bond donors (Lipinski definition) is 1. The predicted octanol–water partition coefficient (Wildman–Crippen LogP) is 3.20. The molecule has 0 aliphatic rings. The van der Waals surface area contributed by atoms with Crippen molar-refractivity contribution in [1.82, 2.24) is 4.72 Å². The molecule has 3 nitrogen and oxygen atoms in total. The first-order valence-electron chi connectivity index (χ1n) is 6.17. The molecule has 0 unspecified atom stereocenters. The minimum atomic E-state index is -3.84. The zero-order valence-corrected chi connectivity index (χ0v) is 13.2. The third kappa shape index (κ3) is 4.28. The maximum absolute atomic E-state index is 14.0. The van der Waals surface area contributed by atoms with E-state index in [9.17, 15) is 12.8 Å². The number of halogens is 1. The minimum absolute atomic E-state index is 0.222. The molecule has 0 bridgehead atoms. The molecule has 0 atom stereocenters. The van der Waals surface area contributed by atoms with Crippen molar-refractivity contribution in [2.75, 3.05) is 0 Å². The molecule has 1 N–H and O–H groups in total. The molecule has 0 heterocycles. The highest BCUT2D eigenvalue weighted by Crippen LogP contribution is 2.26. The van der Waals surface area contributed by atoms with Gasteiger partial charge in [-0.1, -0.05) is 26.8 Å². The van der Waals surface area contributed by atoms with Gasteiger partial charge in [-0.05, 0) is 43.9 Å². The largest absolute Gasteiger partial charge is 0.243 e. The van der Waals surface area contributed by atoms with Crippen LogP contribution in [0.4, 0.5) is 4.39 Å². The second-order valence-corrected chi connectivity index (χ2v) is 8.40. The van der Waals surface area contributed by atoms with Gasteiger partial charge in [0.05, 0.1) is 0 Å². The van der Waals surface area contributed by atoms with Gasteiger partial charge in [0.15, 0.2) is 0 Å². The zero-order chi connectivity index (χ0) is 15.1. The molecule has 0 radical (unpaired) electrons. The Morgan fingerprint density at radius 1 is 1.05 bits per heavy atom. The molecule has 108 valence electrons. The highest BCUT2D eigenvalue weighted by molar-refractivity contribution is 7.89. The van der Waals surface area contributed by atoms with Gasteiger partial charge in [0.1, 0.15) is 10.7 Å². The summed E-state index contributed by atoms with van der Waals surface area (Å²) < 4.78 is 40.6. The number of sulfonamides is 1. The molecule has 0 spiro atoms. The van der Waals surface area contributed by atoms with Gasteiger partial charge in [-0.2, -0.15) is 0 Å². The van der Waals surface area contributed by atoms with Gasteiger partial charge in [-0.15, -0.1) is 0 Å². The Morgan fingerprint density at radius 3 is 1.95 bits per heavy atom. The molecule has 0 aromatic heterocycles. The van der Waals surface area contributed by atoms with Crippen LogP contribution >= 0.6 is 0 Å². The zero-order valence-electron chi connectivity index (χ0n) is 12.3. The number of nitrogens with one attached hydrogen (secondary N) is 1. The number of rotatable bonds is 2. The average molecular weight is 287 g/mol. The van der Waals surface area contributed by atoms with Gasteiger partial charge in [0.2, 0.25) is 10.0 Å². The lowest BCUT2D eigenvalue weighted by atomic mass is 9.87. The van der Waals surface area contributed by atoms with Crippen LogP contribution in [0.5, 0.6) is 0 Å². The fraction of sp³-hybridized carbons (Fsp3) is 0.571. The molecule has 1 aromatic rings. The topological polar surface area (TPSA) is 46.2 Å². The normalized spacial score (nSPS) is 13.6. The first-order valence-corrected chi connectivity index (χ1v) is 7.65. The van der Waals surface area contributed by atoms with E-state index in [0.717, 1.165) is 5.56 Å². The molecular formula is C14H22FNO2S. The van der Waals surface area contributed by atoms with Gasteiger partial charge in [0, 0.05) is 5.54 Å². The molecule has 0 aliphatic heterocycles. The third-order valence-electron chi connectivity index (χ3n) is 2.53. The van der Waals surface area contributed by atoms with Crippen molar-refractivity contribution >= 4 is 10.0 Å². The molecule has 0 saturated carbocycles. The molecule has 0 fully saturated rings. The molecule has 1 rings (SSSR count). The van der Waals surface area contributed by atoms with Crippen LogP contribution in [-0.4, -0.2) is 14.0 Å². The van der Waals surface area contributed by atoms with Crippen molar-refractivity contribution in [1.29, 1.82) is 0 Å². The summed E-state index contributed by atoms with van der Waals surface area (Å²) in [4.78, 5) is -0.310. The van der Waals surface area contributed by atoms with Crippen molar-refractivity contribution in [2.45, 2.75) is 57.4 Å². The smallest absolute Gasteiger partial charge is 0.207 e. The first kappa shape index (κ1) is 16.1. The van der Waals surface area contributed by atoms with Gasteiger partial charge < -0.3 is 0 Å². The van der Waals surface area contributed by atoms with Crippen LogP contribution in [0.3, 0.4) is 0 Å². The third-order valence-corrected chi connectivity index (χ3v) is 4.32. The van der Waals surface area contributed by atoms with E-state index in [1.54, 1.807) is 26.8 Å². The van der Waals surface area contributed by atoms with Crippen LogP contribution in [0.15, 0.2) is 23.1 Å². The van der Waals surface area contributed by atoms with Crippen LogP contribution in [-0.2, 0) is 15.4 Å². The Hall–Kier alpha value is -0.940. The summed E-state index contributed by atoms with van der Waals surface area (Å²) in [7, 11) is -3.84. The monoisotopic (exact) mass is 287 g/mol. The van der Waals surface area contributed by atoms with Gasteiger partial charge in [-0.3, -0.25) is 0 Å². The fourth-order valence-corrected chi connectivity index (χ4v) is 3.12. The Labute approximate surface area is 115 Å². The van der Waals surface area contributed by atoms with Crippen molar-refractivity contribution < 1.29 is 12.8 Å². The minimum Gasteiger partial charge on any atom is -0.207 e. The fourth-order valence-electron chi connectivity index (χ4n) is 1.64. The second-order valence-electron chi connectivity index (χ2n) is 6.75. The summed E-state index contributed by atoms with van der Waals surface area (Å²) in [6.45, 7) is 11.0. The predicted molar refractivity (Wildman–Crippen MR) is 75.2 cm³/mol. The van der Waals surface area contributed by atoms with E-state index in [-0.39, 0.29) is 10.3 Å². The van der Waals surface area contributed by atoms with Gasteiger partial charge >= 0.3 is 0 Å².